The summed E-state index contributed by atoms with van der Waals surface area (Å²) in [6.45, 7) is 2.16. The predicted octanol–water partition coefficient (Wildman–Crippen LogP) is 4.02. The Hall–Kier alpha value is -1.17. The highest BCUT2D eigenvalue weighted by atomic mass is 17.2. The van der Waals surface area contributed by atoms with Crippen molar-refractivity contribution in [2.24, 2.45) is 11.8 Å². The van der Waals surface area contributed by atoms with Gasteiger partial charge in [-0.15, -0.1) is 0 Å². The van der Waals surface area contributed by atoms with Crippen LogP contribution in [0, 0.1) is 11.8 Å². The SMILES string of the molecule is CCCCC[C@H](O)/C=C/[C@H]1[C@@H]2CC(OO2)[C@@H]1C/C=C\CCCC(=O)O. The second kappa shape index (κ2) is 10.7. The van der Waals surface area contributed by atoms with Gasteiger partial charge in [-0.1, -0.05) is 50.5 Å². The van der Waals surface area contributed by atoms with Crippen LogP contribution < -0.4 is 0 Å². The molecule has 0 aromatic heterocycles. The molecule has 5 nitrogen and oxygen atoms in total. The summed E-state index contributed by atoms with van der Waals surface area (Å²) >= 11 is 0. The molecule has 0 spiro atoms. The van der Waals surface area contributed by atoms with Crippen LogP contribution in [0.15, 0.2) is 24.3 Å². The first-order valence-electron chi connectivity index (χ1n) is 9.67. The van der Waals surface area contributed by atoms with E-state index in [-0.39, 0.29) is 30.7 Å². The van der Waals surface area contributed by atoms with Gasteiger partial charge in [0, 0.05) is 24.7 Å². The summed E-state index contributed by atoms with van der Waals surface area (Å²) < 4.78 is 0. The molecular formula is C20H32O5. The van der Waals surface area contributed by atoms with Crippen molar-refractivity contribution in [2.75, 3.05) is 0 Å². The number of hydrogen-bond acceptors (Lipinski definition) is 4. The van der Waals surface area contributed by atoms with Gasteiger partial charge < -0.3 is 10.2 Å². The van der Waals surface area contributed by atoms with Crippen molar-refractivity contribution in [1.29, 1.82) is 0 Å². The van der Waals surface area contributed by atoms with Crippen molar-refractivity contribution in [3.8, 4) is 0 Å². The lowest BCUT2D eigenvalue weighted by Gasteiger charge is -2.27. The maximum atomic E-state index is 10.5. The van der Waals surface area contributed by atoms with Crippen LogP contribution in [0.4, 0.5) is 0 Å². The van der Waals surface area contributed by atoms with Crippen LogP contribution in [-0.2, 0) is 14.6 Å². The van der Waals surface area contributed by atoms with Gasteiger partial charge in [-0.2, -0.15) is 0 Å². The lowest BCUT2D eigenvalue weighted by Crippen LogP contribution is -2.28. The van der Waals surface area contributed by atoms with Crippen LogP contribution in [0.5, 0.6) is 0 Å². The molecule has 2 fully saturated rings. The van der Waals surface area contributed by atoms with Crippen LogP contribution in [0.25, 0.3) is 0 Å². The van der Waals surface area contributed by atoms with E-state index in [4.69, 9.17) is 14.9 Å². The Morgan fingerprint density at radius 1 is 1.20 bits per heavy atom. The molecule has 25 heavy (non-hydrogen) atoms. The van der Waals surface area contributed by atoms with Crippen LogP contribution >= 0.6 is 0 Å². The molecule has 5 heteroatoms. The van der Waals surface area contributed by atoms with Crippen molar-refractivity contribution < 1.29 is 24.8 Å². The van der Waals surface area contributed by atoms with Gasteiger partial charge in [0.25, 0.3) is 0 Å². The average molecular weight is 352 g/mol. The van der Waals surface area contributed by atoms with E-state index in [0.717, 1.165) is 44.9 Å². The van der Waals surface area contributed by atoms with Crippen molar-refractivity contribution >= 4 is 5.97 Å². The molecule has 5 atom stereocenters. The number of carboxylic acid groups (broad SMARTS) is 1. The number of rotatable bonds is 12. The van der Waals surface area contributed by atoms with Crippen LogP contribution in [0.3, 0.4) is 0 Å². The second-order valence-electron chi connectivity index (χ2n) is 7.19. The summed E-state index contributed by atoms with van der Waals surface area (Å²) in [5, 5.41) is 18.7. The molecular weight excluding hydrogens is 320 g/mol. The third-order valence-corrected chi connectivity index (χ3v) is 5.16. The summed E-state index contributed by atoms with van der Waals surface area (Å²) in [5.41, 5.74) is 0. The van der Waals surface area contributed by atoms with Gasteiger partial charge in [0.1, 0.15) is 6.10 Å². The fraction of sp³-hybridized carbons (Fsp3) is 0.750. The molecule has 2 bridgehead atoms. The molecule has 2 aliphatic rings. The highest BCUT2D eigenvalue weighted by Gasteiger charge is 2.49. The fourth-order valence-corrected chi connectivity index (χ4v) is 3.72. The lowest BCUT2D eigenvalue weighted by atomic mass is 9.89. The quantitative estimate of drug-likeness (QED) is 0.315. The number of hydrogen-bond donors (Lipinski definition) is 2. The van der Waals surface area contributed by atoms with Crippen LogP contribution in [0.2, 0.25) is 0 Å². The minimum atomic E-state index is -0.741. The number of allylic oxidation sites excluding steroid dienone is 2. The molecule has 0 amide bonds. The first kappa shape index (κ1) is 20.1. The molecule has 2 N–H and O–H groups in total. The van der Waals surface area contributed by atoms with E-state index < -0.39 is 5.97 Å². The molecule has 142 valence electrons. The van der Waals surface area contributed by atoms with E-state index in [1.807, 2.05) is 6.08 Å². The molecule has 1 aliphatic heterocycles. The summed E-state index contributed by atoms with van der Waals surface area (Å²) in [5.74, 6) is -0.0912. The highest BCUT2D eigenvalue weighted by Crippen LogP contribution is 2.44. The maximum Gasteiger partial charge on any atom is 0.303 e. The maximum absolute atomic E-state index is 10.5. The van der Waals surface area contributed by atoms with Crippen LogP contribution in [0.1, 0.15) is 64.7 Å². The van der Waals surface area contributed by atoms with E-state index in [9.17, 15) is 9.90 Å². The Labute approximate surface area is 150 Å². The summed E-state index contributed by atoms with van der Waals surface area (Å²) in [7, 11) is 0. The monoisotopic (exact) mass is 352 g/mol. The van der Waals surface area contributed by atoms with Crippen molar-refractivity contribution in [3.05, 3.63) is 24.3 Å². The van der Waals surface area contributed by atoms with Gasteiger partial charge in [-0.3, -0.25) is 4.79 Å². The van der Waals surface area contributed by atoms with E-state index in [1.165, 1.54) is 0 Å². The van der Waals surface area contributed by atoms with Gasteiger partial charge in [0.2, 0.25) is 0 Å². The van der Waals surface area contributed by atoms with Gasteiger partial charge >= 0.3 is 5.97 Å². The zero-order valence-electron chi connectivity index (χ0n) is 15.2. The lowest BCUT2D eigenvalue weighted by molar-refractivity contribution is -0.336. The van der Waals surface area contributed by atoms with E-state index in [1.54, 1.807) is 0 Å². The van der Waals surface area contributed by atoms with Gasteiger partial charge in [-0.05, 0) is 25.7 Å². The summed E-state index contributed by atoms with van der Waals surface area (Å²) in [6, 6.07) is 0. The number of aliphatic hydroxyl groups excluding tert-OH is 1. The summed E-state index contributed by atoms with van der Waals surface area (Å²) in [4.78, 5) is 21.3. The molecule has 2 rings (SSSR count). The van der Waals surface area contributed by atoms with Crippen molar-refractivity contribution in [2.45, 2.75) is 83.0 Å². The summed E-state index contributed by atoms with van der Waals surface area (Å²) in [6.07, 6.45) is 15.8. The second-order valence-corrected chi connectivity index (χ2v) is 7.19. The molecule has 0 radical (unpaired) electrons. The van der Waals surface area contributed by atoms with E-state index >= 15 is 0 Å². The molecule has 1 unspecified atom stereocenters. The molecule has 1 aliphatic carbocycles. The number of fused-ring (bicyclic) bond motifs is 2. The Kier molecular flexibility index (Phi) is 8.65. The fourth-order valence-electron chi connectivity index (χ4n) is 3.72. The van der Waals surface area contributed by atoms with E-state index in [0.29, 0.717) is 12.3 Å². The Morgan fingerprint density at radius 3 is 2.76 bits per heavy atom. The smallest absolute Gasteiger partial charge is 0.303 e. The Balaban J connectivity index is 1.78. The standard InChI is InChI=1S/C20H32O5/c1-2-3-6-9-15(21)12-13-17-16(18-14-19(17)25-24-18)10-7-4-5-8-11-20(22)23/h4,7,12-13,15-19,21H,2-3,5-6,8-11,14H2,1H3,(H,22,23)/b7-4-,13-12+/t15-,16+,17+,18?,19-/m0/s1. The first-order chi connectivity index (χ1) is 12.1. The largest absolute Gasteiger partial charge is 0.481 e. The Bertz CT molecular complexity index is 459. The molecule has 0 aromatic carbocycles. The average Bonchev–Trinajstić information content (AvgIpc) is 3.17. The Morgan fingerprint density at radius 2 is 2.00 bits per heavy atom. The molecule has 1 saturated heterocycles. The zero-order chi connectivity index (χ0) is 18.1. The van der Waals surface area contributed by atoms with Crippen molar-refractivity contribution in [1.82, 2.24) is 0 Å². The molecule has 1 heterocycles. The minimum absolute atomic E-state index is 0.0921. The highest BCUT2D eigenvalue weighted by molar-refractivity contribution is 5.66. The third kappa shape index (κ3) is 6.57. The number of aliphatic hydroxyl groups is 1. The van der Waals surface area contributed by atoms with Gasteiger partial charge in [0.05, 0.1) is 12.2 Å². The molecule has 1 saturated carbocycles. The predicted molar refractivity (Wildman–Crippen MR) is 95.9 cm³/mol. The number of carboxylic acids is 1. The third-order valence-electron chi connectivity index (χ3n) is 5.16. The molecule has 0 aromatic rings. The first-order valence-corrected chi connectivity index (χ1v) is 9.67. The van der Waals surface area contributed by atoms with Gasteiger partial charge in [-0.25, -0.2) is 9.78 Å². The zero-order valence-corrected chi connectivity index (χ0v) is 15.2. The number of aliphatic carboxylic acids is 1. The minimum Gasteiger partial charge on any atom is -0.481 e. The van der Waals surface area contributed by atoms with E-state index in [2.05, 4.69) is 25.2 Å². The van der Waals surface area contributed by atoms with Gasteiger partial charge in [0.15, 0.2) is 0 Å². The van der Waals surface area contributed by atoms with Crippen LogP contribution in [-0.4, -0.2) is 34.5 Å². The number of carbonyl (C=O) groups is 1. The van der Waals surface area contributed by atoms with Crippen molar-refractivity contribution in [3.63, 3.8) is 0 Å². The number of unbranched alkanes of at least 4 members (excludes halogenated alkanes) is 3. The topological polar surface area (TPSA) is 76.0 Å². The normalized spacial score (nSPS) is 29.8.